The molecule has 0 bridgehead atoms. The van der Waals surface area contributed by atoms with Crippen molar-refractivity contribution >= 4 is 22.7 Å². The zero-order chi connectivity index (χ0) is 18.1. The molecular formula is C21H21N3O2. The van der Waals surface area contributed by atoms with E-state index in [0.29, 0.717) is 12.8 Å². The molecule has 0 spiro atoms. The summed E-state index contributed by atoms with van der Waals surface area (Å²) in [4.78, 5) is 30.3. The Bertz CT molecular complexity index is 948. The highest BCUT2D eigenvalue weighted by Gasteiger charge is 2.38. The number of benzene rings is 2. The van der Waals surface area contributed by atoms with E-state index in [1.807, 2.05) is 60.8 Å². The van der Waals surface area contributed by atoms with Gasteiger partial charge in [-0.05, 0) is 17.2 Å². The van der Waals surface area contributed by atoms with E-state index in [4.69, 9.17) is 0 Å². The highest BCUT2D eigenvalue weighted by Crippen LogP contribution is 2.22. The number of nitrogens with one attached hydrogen (secondary N) is 2. The van der Waals surface area contributed by atoms with Gasteiger partial charge in [-0.25, -0.2) is 0 Å². The summed E-state index contributed by atoms with van der Waals surface area (Å²) in [6.45, 7) is 0. The maximum absolute atomic E-state index is 12.8. The van der Waals surface area contributed by atoms with E-state index >= 15 is 0 Å². The number of para-hydroxylation sites is 1. The fraction of sp³-hybridized carbons (Fsp3) is 0.238. The van der Waals surface area contributed by atoms with Crippen molar-refractivity contribution in [2.75, 3.05) is 7.05 Å². The summed E-state index contributed by atoms with van der Waals surface area (Å²) in [5.74, 6) is -0.142. The normalized spacial score (nSPS) is 20.4. The highest BCUT2D eigenvalue weighted by molar-refractivity contribution is 5.97. The molecule has 2 amide bonds. The third-order valence-corrected chi connectivity index (χ3v) is 5.10. The lowest BCUT2D eigenvalue weighted by atomic mass is 9.97. The number of amides is 2. The molecule has 2 heterocycles. The Balaban J connectivity index is 1.52. The van der Waals surface area contributed by atoms with Crippen molar-refractivity contribution in [1.82, 2.24) is 15.2 Å². The molecule has 2 N–H and O–H groups in total. The van der Waals surface area contributed by atoms with E-state index in [0.717, 1.165) is 22.0 Å². The summed E-state index contributed by atoms with van der Waals surface area (Å²) in [7, 11) is 1.72. The molecule has 1 fully saturated rings. The lowest BCUT2D eigenvalue weighted by Gasteiger charge is -2.36. The first-order valence-electron chi connectivity index (χ1n) is 8.79. The average Bonchev–Trinajstić information content (AvgIpc) is 3.07. The molecule has 5 heteroatoms. The van der Waals surface area contributed by atoms with E-state index in [9.17, 15) is 9.59 Å². The Kier molecular flexibility index (Phi) is 4.21. The molecule has 1 aliphatic heterocycles. The minimum atomic E-state index is -0.505. The third-order valence-electron chi connectivity index (χ3n) is 5.10. The van der Waals surface area contributed by atoms with Gasteiger partial charge in [0, 0.05) is 37.0 Å². The molecule has 2 aromatic carbocycles. The number of fused-ring (bicyclic) bond motifs is 1. The number of hydrogen-bond donors (Lipinski definition) is 2. The number of aromatic amines is 1. The summed E-state index contributed by atoms with van der Waals surface area (Å²) < 4.78 is 0. The van der Waals surface area contributed by atoms with Crippen LogP contribution in [-0.2, 0) is 22.4 Å². The second kappa shape index (κ2) is 6.67. The second-order valence-electron chi connectivity index (χ2n) is 6.78. The summed E-state index contributed by atoms with van der Waals surface area (Å²) >= 11 is 0. The van der Waals surface area contributed by atoms with Crippen molar-refractivity contribution in [3.05, 3.63) is 71.9 Å². The molecule has 26 heavy (non-hydrogen) atoms. The maximum Gasteiger partial charge on any atom is 0.245 e. The Hall–Kier alpha value is -3.08. The molecule has 1 aliphatic rings. The fourth-order valence-corrected chi connectivity index (χ4v) is 3.63. The molecule has 5 nitrogen and oxygen atoms in total. The predicted molar refractivity (Wildman–Crippen MR) is 101 cm³/mol. The quantitative estimate of drug-likeness (QED) is 0.760. The van der Waals surface area contributed by atoms with Gasteiger partial charge in [-0.2, -0.15) is 0 Å². The van der Waals surface area contributed by atoms with Gasteiger partial charge < -0.3 is 15.2 Å². The topological polar surface area (TPSA) is 65.2 Å². The number of hydrogen-bond acceptors (Lipinski definition) is 2. The SMILES string of the molecule is CN1C(=O)C(Cc2ccccc2)NC(=O)C1Cc1c[nH]c2ccccc12. The zero-order valence-corrected chi connectivity index (χ0v) is 14.6. The number of aromatic nitrogens is 1. The van der Waals surface area contributed by atoms with Gasteiger partial charge >= 0.3 is 0 Å². The first kappa shape index (κ1) is 16.4. The van der Waals surface area contributed by atoms with Crippen molar-refractivity contribution in [3.63, 3.8) is 0 Å². The van der Waals surface area contributed by atoms with Gasteiger partial charge in [-0.1, -0.05) is 48.5 Å². The van der Waals surface area contributed by atoms with Crippen LogP contribution < -0.4 is 5.32 Å². The third kappa shape index (κ3) is 2.96. The second-order valence-corrected chi connectivity index (χ2v) is 6.78. The standard InChI is InChI=1S/C21H21N3O2/c1-24-19(12-15-13-22-17-10-6-5-9-16(15)17)20(25)23-18(21(24)26)11-14-7-3-2-4-8-14/h2-10,13,18-19,22H,11-12H2,1H3,(H,23,25). The minimum Gasteiger partial charge on any atom is -0.361 e. The largest absolute Gasteiger partial charge is 0.361 e. The molecule has 0 aliphatic carbocycles. The van der Waals surface area contributed by atoms with Crippen LogP contribution in [0, 0.1) is 0 Å². The Morgan fingerprint density at radius 3 is 2.50 bits per heavy atom. The van der Waals surface area contributed by atoms with E-state index in [2.05, 4.69) is 10.3 Å². The van der Waals surface area contributed by atoms with Gasteiger partial charge in [-0.3, -0.25) is 9.59 Å². The lowest BCUT2D eigenvalue weighted by Crippen LogP contribution is -2.63. The van der Waals surface area contributed by atoms with Crippen molar-refractivity contribution in [2.45, 2.75) is 24.9 Å². The van der Waals surface area contributed by atoms with Crippen LogP contribution in [0.15, 0.2) is 60.8 Å². The number of H-pyrrole nitrogens is 1. The van der Waals surface area contributed by atoms with Crippen molar-refractivity contribution in [3.8, 4) is 0 Å². The highest BCUT2D eigenvalue weighted by atomic mass is 16.2. The van der Waals surface area contributed by atoms with Gasteiger partial charge in [0.1, 0.15) is 12.1 Å². The van der Waals surface area contributed by atoms with Crippen LogP contribution in [0.4, 0.5) is 0 Å². The molecule has 0 radical (unpaired) electrons. The molecule has 1 aromatic heterocycles. The first-order valence-corrected chi connectivity index (χ1v) is 8.79. The van der Waals surface area contributed by atoms with Crippen LogP contribution in [0.5, 0.6) is 0 Å². The molecule has 4 rings (SSSR count). The molecule has 1 saturated heterocycles. The molecule has 2 atom stereocenters. The monoisotopic (exact) mass is 347 g/mol. The van der Waals surface area contributed by atoms with Crippen LogP contribution in [0.2, 0.25) is 0 Å². The Labute approximate surface area is 152 Å². The lowest BCUT2D eigenvalue weighted by molar-refractivity contribution is -0.147. The van der Waals surface area contributed by atoms with Gasteiger partial charge in [0.15, 0.2) is 0 Å². The molecular weight excluding hydrogens is 326 g/mol. The van der Waals surface area contributed by atoms with Crippen LogP contribution in [0.1, 0.15) is 11.1 Å². The number of rotatable bonds is 4. The Morgan fingerprint density at radius 2 is 1.69 bits per heavy atom. The Morgan fingerprint density at radius 1 is 0.962 bits per heavy atom. The summed E-state index contributed by atoms with van der Waals surface area (Å²) in [5, 5.41) is 4.01. The van der Waals surface area contributed by atoms with Crippen molar-refractivity contribution in [1.29, 1.82) is 0 Å². The van der Waals surface area contributed by atoms with E-state index in [1.165, 1.54) is 0 Å². The maximum atomic E-state index is 12.8. The summed E-state index contributed by atoms with van der Waals surface area (Å²) in [5.41, 5.74) is 3.12. The molecule has 0 saturated carbocycles. The zero-order valence-electron chi connectivity index (χ0n) is 14.6. The number of likely N-dealkylation sites (N-methyl/N-ethyl adjacent to an activating group) is 1. The van der Waals surface area contributed by atoms with Crippen LogP contribution in [0.25, 0.3) is 10.9 Å². The molecule has 3 aromatic rings. The summed E-state index contributed by atoms with van der Waals surface area (Å²) in [6.07, 6.45) is 2.93. The van der Waals surface area contributed by atoms with Crippen molar-refractivity contribution in [2.24, 2.45) is 0 Å². The number of nitrogens with zero attached hydrogens (tertiary/aromatic N) is 1. The van der Waals surface area contributed by atoms with Crippen LogP contribution in [0.3, 0.4) is 0 Å². The first-order chi connectivity index (χ1) is 12.6. The molecule has 132 valence electrons. The summed E-state index contributed by atoms with van der Waals surface area (Å²) in [6, 6.07) is 16.7. The van der Waals surface area contributed by atoms with E-state index < -0.39 is 12.1 Å². The van der Waals surface area contributed by atoms with Gasteiger partial charge in [0.2, 0.25) is 11.8 Å². The number of carbonyl (C=O) groups excluding carboxylic acids is 2. The smallest absolute Gasteiger partial charge is 0.245 e. The minimum absolute atomic E-state index is 0.0432. The average molecular weight is 347 g/mol. The van der Waals surface area contributed by atoms with E-state index in [-0.39, 0.29) is 11.8 Å². The number of piperazine rings is 1. The van der Waals surface area contributed by atoms with Gasteiger partial charge in [0.05, 0.1) is 0 Å². The van der Waals surface area contributed by atoms with Crippen LogP contribution in [-0.4, -0.2) is 40.8 Å². The van der Waals surface area contributed by atoms with Gasteiger partial charge in [-0.15, -0.1) is 0 Å². The van der Waals surface area contributed by atoms with Crippen LogP contribution >= 0.6 is 0 Å². The van der Waals surface area contributed by atoms with Gasteiger partial charge in [0.25, 0.3) is 0 Å². The fourth-order valence-electron chi connectivity index (χ4n) is 3.63. The molecule has 2 unspecified atom stereocenters. The van der Waals surface area contributed by atoms with Crippen molar-refractivity contribution < 1.29 is 9.59 Å². The predicted octanol–water partition coefficient (Wildman–Crippen LogP) is 2.28. The number of carbonyl (C=O) groups is 2. The van der Waals surface area contributed by atoms with E-state index in [1.54, 1.807) is 11.9 Å².